The van der Waals surface area contributed by atoms with Crippen molar-refractivity contribution in [1.82, 2.24) is 10.2 Å². The number of rotatable bonds is 3. The lowest BCUT2D eigenvalue weighted by Gasteiger charge is -1.96. The number of aromatic amines is 1. The minimum absolute atomic E-state index is 0.148. The average molecular weight is 171 g/mol. The molecule has 0 bridgehead atoms. The number of nitrogens with zero attached hydrogens (tertiary/aromatic N) is 2. The average Bonchev–Trinajstić information content (AvgIpc) is 2.34. The summed E-state index contributed by atoms with van der Waals surface area (Å²) >= 11 is 0. The first-order chi connectivity index (χ1) is 5.59. The minimum atomic E-state index is -0.557. The SMILES string of the molecule is C[C@@H](O)Cc1cc([N+](=O)[O-])[nH]n1. The standard InChI is InChI=1S/C6H9N3O3/c1-4(10)2-5-3-6(8-7-5)9(11)12/h3-4,10H,2H2,1H3,(H,7,8)/t4-/m1/s1. The van der Waals surface area contributed by atoms with Gasteiger partial charge in [-0.05, 0) is 11.8 Å². The lowest BCUT2D eigenvalue weighted by atomic mass is 10.2. The molecule has 6 heteroatoms. The summed E-state index contributed by atoms with van der Waals surface area (Å²) in [5, 5.41) is 25.0. The Morgan fingerprint density at radius 3 is 3.00 bits per heavy atom. The van der Waals surface area contributed by atoms with Gasteiger partial charge in [0.05, 0.1) is 17.9 Å². The van der Waals surface area contributed by atoms with Gasteiger partial charge in [-0.15, -0.1) is 5.10 Å². The molecule has 66 valence electrons. The smallest absolute Gasteiger partial charge is 0.342 e. The van der Waals surface area contributed by atoms with Gasteiger partial charge in [-0.25, -0.2) is 0 Å². The van der Waals surface area contributed by atoms with E-state index < -0.39 is 11.0 Å². The van der Waals surface area contributed by atoms with Gasteiger partial charge in [-0.1, -0.05) is 5.10 Å². The van der Waals surface area contributed by atoms with Crippen LogP contribution < -0.4 is 0 Å². The van der Waals surface area contributed by atoms with Crippen LogP contribution >= 0.6 is 0 Å². The summed E-state index contributed by atoms with van der Waals surface area (Å²) < 4.78 is 0. The number of aliphatic hydroxyl groups excluding tert-OH is 1. The van der Waals surface area contributed by atoms with E-state index in [-0.39, 0.29) is 5.82 Å². The number of hydrogen-bond donors (Lipinski definition) is 2. The molecule has 6 nitrogen and oxygen atoms in total. The second kappa shape index (κ2) is 3.31. The largest absolute Gasteiger partial charge is 0.393 e. The van der Waals surface area contributed by atoms with Gasteiger partial charge in [0.1, 0.15) is 0 Å². The second-order valence-electron chi connectivity index (χ2n) is 2.55. The predicted molar refractivity (Wildman–Crippen MR) is 40.6 cm³/mol. The van der Waals surface area contributed by atoms with Gasteiger partial charge >= 0.3 is 5.82 Å². The molecule has 1 atom stereocenters. The summed E-state index contributed by atoms with van der Waals surface area (Å²) in [5.41, 5.74) is 0.497. The van der Waals surface area contributed by atoms with Crippen molar-refractivity contribution in [3.8, 4) is 0 Å². The number of H-pyrrole nitrogens is 1. The molecule has 0 radical (unpaired) electrons. The van der Waals surface area contributed by atoms with Crippen LogP contribution in [0.15, 0.2) is 6.07 Å². The molecule has 0 saturated carbocycles. The maximum absolute atomic E-state index is 10.2. The Labute approximate surface area is 68.4 Å². The van der Waals surface area contributed by atoms with E-state index in [1.807, 2.05) is 0 Å². The van der Waals surface area contributed by atoms with E-state index in [1.54, 1.807) is 6.92 Å². The number of aliphatic hydroxyl groups is 1. The zero-order valence-electron chi connectivity index (χ0n) is 6.52. The Bertz CT molecular complexity index is 281. The Hall–Kier alpha value is -1.43. The van der Waals surface area contributed by atoms with Crippen molar-refractivity contribution >= 4 is 5.82 Å². The van der Waals surface area contributed by atoms with Crippen molar-refractivity contribution in [3.05, 3.63) is 21.9 Å². The highest BCUT2D eigenvalue weighted by atomic mass is 16.6. The van der Waals surface area contributed by atoms with Crippen molar-refractivity contribution in [2.45, 2.75) is 19.4 Å². The number of nitrogens with one attached hydrogen (secondary N) is 1. The van der Waals surface area contributed by atoms with E-state index in [1.165, 1.54) is 6.07 Å². The molecular weight excluding hydrogens is 162 g/mol. The molecule has 0 aliphatic rings. The number of aromatic nitrogens is 2. The lowest BCUT2D eigenvalue weighted by Crippen LogP contribution is -2.04. The van der Waals surface area contributed by atoms with E-state index >= 15 is 0 Å². The topological polar surface area (TPSA) is 92.0 Å². The van der Waals surface area contributed by atoms with Crippen LogP contribution in [-0.2, 0) is 6.42 Å². The summed E-state index contributed by atoms with van der Waals surface area (Å²) in [6, 6.07) is 1.31. The van der Waals surface area contributed by atoms with Crippen LogP contribution in [0.3, 0.4) is 0 Å². The minimum Gasteiger partial charge on any atom is -0.393 e. The highest BCUT2D eigenvalue weighted by molar-refractivity contribution is 5.20. The van der Waals surface area contributed by atoms with Gasteiger partial charge in [0, 0.05) is 6.42 Å². The van der Waals surface area contributed by atoms with Crippen molar-refractivity contribution in [3.63, 3.8) is 0 Å². The van der Waals surface area contributed by atoms with Crippen LogP contribution in [0.5, 0.6) is 0 Å². The molecule has 0 unspecified atom stereocenters. The van der Waals surface area contributed by atoms with E-state index in [4.69, 9.17) is 5.11 Å². The van der Waals surface area contributed by atoms with Gasteiger partial charge in [0.15, 0.2) is 0 Å². The Balaban J connectivity index is 2.71. The van der Waals surface area contributed by atoms with Crippen LogP contribution in [0.1, 0.15) is 12.6 Å². The monoisotopic (exact) mass is 171 g/mol. The molecule has 0 aromatic carbocycles. The van der Waals surface area contributed by atoms with E-state index in [0.717, 1.165) is 0 Å². The summed E-state index contributed by atoms with van der Waals surface area (Å²) in [7, 11) is 0. The quantitative estimate of drug-likeness (QED) is 0.503. The summed E-state index contributed by atoms with van der Waals surface area (Å²) in [5.74, 6) is -0.148. The first-order valence-electron chi connectivity index (χ1n) is 3.46. The molecule has 0 amide bonds. The van der Waals surface area contributed by atoms with Crippen LogP contribution in [0.2, 0.25) is 0 Å². The molecule has 1 heterocycles. The molecule has 1 aromatic rings. The highest BCUT2D eigenvalue weighted by Crippen LogP contribution is 2.09. The fourth-order valence-corrected chi connectivity index (χ4v) is 0.852. The van der Waals surface area contributed by atoms with Crippen LogP contribution in [0, 0.1) is 10.1 Å². The first kappa shape index (κ1) is 8.66. The van der Waals surface area contributed by atoms with Gasteiger partial charge in [0.2, 0.25) is 0 Å². The predicted octanol–water partition coefficient (Wildman–Crippen LogP) is 0.241. The Morgan fingerprint density at radius 2 is 2.58 bits per heavy atom. The molecule has 0 aliphatic carbocycles. The van der Waals surface area contributed by atoms with Crippen LogP contribution in [0.4, 0.5) is 5.82 Å². The summed E-state index contributed by atoms with van der Waals surface area (Å²) in [6.07, 6.45) is -0.211. The maximum atomic E-state index is 10.2. The van der Waals surface area contributed by atoms with Gasteiger partial charge in [0.25, 0.3) is 0 Å². The molecule has 1 aromatic heterocycles. The fourth-order valence-electron chi connectivity index (χ4n) is 0.852. The lowest BCUT2D eigenvalue weighted by molar-refractivity contribution is -0.389. The van der Waals surface area contributed by atoms with E-state index in [2.05, 4.69) is 10.2 Å². The third kappa shape index (κ3) is 2.03. The van der Waals surface area contributed by atoms with E-state index in [0.29, 0.717) is 12.1 Å². The Morgan fingerprint density at radius 1 is 1.92 bits per heavy atom. The van der Waals surface area contributed by atoms with Crippen LogP contribution in [0.25, 0.3) is 0 Å². The zero-order valence-corrected chi connectivity index (χ0v) is 6.52. The third-order valence-corrected chi connectivity index (χ3v) is 1.32. The fraction of sp³-hybridized carbons (Fsp3) is 0.500. The van der Waals surface area contributed by atoms with Gasteiger partial charge < -0.3 is 15.2 Å². The second-order valence-corrected chi connectivity index (χ2v) is 2.55. The molecule has 0 spiro atoms. The van der Waals surface area contributed by atoms with Crippen molar-refractivity contribution in [2.24, 2.45) is 0 Å². The maximum Gasteiger partial charge on any atom is 0.342 e. The molecule has 0 fully saturated rings. The molecule has 0 aliphatic heterocycles. The molecule has 12 heavy (non-hydrogen) atoms. The third-order valence-electron chi connectivity index (χ3n) is 1.32. The summed E-state index contributed by atoms with van der Waals surface area (Å²) in [6.45, 7) is 1.60. The van der Waals surface area contributed by atoms with Crippen LogP contribution in [-0.4, -0.2) is 26.3 Å². The number of hydrogen-bond acceptors (Lipinski definition) is 4. The van der Waals surface area contributed by atoms with Crippen molar-refractivity contribution < 1.29 is 10.0 Å². The first-order valence-corrected chi connectivity index (χ1v) is 3.46. The van der Waals surface area contributed by atoms with Gasteiger partial charge in [-0.2, -0.15) is 0 Å². The van der Waals surface area contributed by atoms with Gasteiger partial charge in [-0.3, -0.25) is 0 Å². The molecule has 2 N–H and O–H groups in total. The van der Waals surface area contributed by atoms with Crippen molar-refractivity contribution in [1.29, 1.82) is 0 Å². The van der Waals surface area contributed by atoms with E-state index in [9.17, 15) is 10.1 Å². The van der Waals surface area contributed by atoms with Crippen molar-refractivity contribution in [2.75, 3.05) is 0 Å². The molecule has 1 rings (SSSR count). The highest BCUT2D eigenvalue weighted by Gasteiger charge is 2.10. The zero-order chi connectivity index (χ0) is 9.14. The Kier molecular flexibility index (Phi) is 2.39. The molecule has 0 saturated heterocycles. The normalized spacial score (nSPS) is 12.8. The molecular formula is C6H9N3O3. The summed E-state index contributed by atoms with van der Waals surface area (Å²) in [4.78, 5) is 9.61. The number of nitro groups is 1.